The molecule has 0 saturated carbocycles. The van der Waals surface area contributed by atoms with Crippen LogP contribution in [0.2, 0.25) is 0 Å². The summed E-state index contributed by atoms with van der Waals surface area (Å²) in [6.07, 6.45) is 6.74. The first-order chi connectivity index (χ1) is 28.4. The van der Waals surface area contributed by atoms with E-state index < -0.39 is 70.7 Å². The van der Waals surface area contributed by atoms with Gasteiger partial charge in [-0.3, -0.25) is 9.59 Å². The molecule has 0 aromatic heterocycles. The zero-order valence-corrected chi connectivity index (χ0v) is 37.7. The first kappa shape index (κ1) is 46.8. The van der Waals surface area contributed by atoms with Crippen LogP contribution in [-0.4, -0.2) is 92.2 Å². The molecule has 1 aromatic rings. The first-order valence-electron chi connectivity index (χ1n) is 22.9. The summed E-state index contributed by atoms with van der Waals surface area (Å²) >= 11 is 0. The molecule has 1 aromatic carbocycles. The van der Waals surface area contributed by atoms with E-state index in [1.165, 1.54) is 0 Å². The fourth-order valence-corrected chi connectivity index (χ4v) is 11.0. The molecule has 1 unspecified atom stereocenters. The minimum Gasteiger partial charge on any atom is -0.481 e. The summed E-state index contributed by atoms with van der Waals surface area (Å²) in [5, 5.41) is 37.5. The quantitative estimate of drug-likeness (QED) is 0.155. The largest absolute Gasteiger partial charge is 0.481 e. The number of hydrogen-bond acceptors (Lipinski definition) is 11. The third-order valence-electron chi connectivity index (χ3n) is 15.3. The fourth-order valence-electron chi connectivity index (χ4n) is 11.0. The molecule has 0 radical (unpaired) electrons. The van der Waals surface area contributed by atoms with Crippen molar-refractivity contribution in [2.45, 2.75) is 193 Å². The van der Waals surface area contributed by atoms with E-state index >= 15 is 0 Å². The third kappa shape index (κ3) is 9.04. The summed E-state index contributed by atoms with van der Waals surface area (Å²) in [5.74, 6) is -5.30. The van der Waals surface area contributed by atoms with E-state index in [4.69, 9.17) is 28.5 Å². The Kier molecular flexibility index (Phi) is 14.5. The standard InChI is InChI=1S/C48H73NO11/c1-11-35(44(52)53)37-20-19-28(4)42(56-37)32(8)40(50)31(7)41(51)36(12-2)43-29(5)27-30(6)47(57-43)24-21-38(49-58-34-17-15-14-16-18-34)48(60-47)26-25-45(10,59-48)39-22-23-46(54,13-3)33(9)55-39/h14-18,21,24,28-33,35-37,39-40,42-43,50,54H,11-13,19-20,22-23,25-27H2,1-10H3,(H,52,53)/b49-38+/t28-,29-,30+,31-,32-,33-,35?,36-,37+,39+,40+,42+,43-,45-,46+,47-,48-/m0/s1. The molecule has 0 bridgehead atoms. The van der Waals surface area contributed by atoms with Crippen molar-refractivity contribution in [2.24, 2.45) is 46.6 Å². The van der Waals surface area contributed by atoms with Gasteiger partial charge in [0.2, 0.25) is 5.79 Å². The Labute approximate surface area is 357 Å². The number of carbonyl (C=O) groups is 2. The summed E-state index contributed by atoms with van der Waals surface area (Å²) in [4.78, 5) is 32.6. The van der Waals surface area contributed by atoms with E-state index in [-0.39, 0.29) is 41.8 Å². The topological polar surface area (TPSA) is 163 Å². The summed E-state index contributed by atoms with van der Waals surface area (Å²) < 4.78 is 34.5. The van der Waals surface area contributed by atoms with Crippen LogP contribution in [0.4, 0.5) is 0 Å². The molecule has 4 saturated heterocycles. The number of carbonyl (C=O) groups excluding carboxylic acids is 1. The van der Waals surface area contributed by atoms with Crippen molar-refractivity contribution >= 4 is 17.5 Å². The molecule has 60 heavy (non-hydrogen) atoms. The van der Waals surface area contributed by atoms with Gasteiger partial charge in [-0.2, -0.15) is 0 Å². The minimum atomic E-state index is -1.36. The maximum Gasteiger partial charge on any atom is 0.309 e. The number of rotatable bonds is 14. The number of ether oxygens (including phenoxy) is 5. The van der Waals surface area contributed by atoms with Gasteiger partial charge in [0.25, 0.3) is 0 Å². The highest BCUT2D eigenvalue weighted by atomic mass is 16.8. The van der Waals surface area contributed by atoms with Crippen LogP contribution in [0.3, 0.4) is 0 Å². The summed E-state index contributed by atoms with van der Waals surface area (Å²) in [6, 6.07) is 9.33. The Morgan fingerprint density at radius 3 is 2.23 bits per heavy atom. The minimum absolute atomic E-state index is 0.000578. The Morgan fingerprint density at radius 2 is 1.60 bits per heavy atom. The summed E-state index contributed by atoms with van der Waals surface area (Å²) in [5.41, 5.74) is -1.21. The van der Waals surface area contributed by atoms with Gasteiger partial charge in [-0.15, -0.1) is 0 Å². The molecule has 0 aliphatic carbocycles. The normalized spacial score (nSPS) is 41.5. The van der Waals surface area contributed by atoms with Crippen LogP contribution in [-0.2, 0) is 33.3 Å². The van der Waals surface area contributed by atoms with Crippen molar-refractivity contribution < 1.29 is 53.4 Å². The predicted molar refractivity (Wildman–Crippen MR) is 227 cm³/mol. The number of benzene rings is 1. The predicted octanol–water partition coefficient (Wildman–Crippen LogP) is 8.26. The highest BCUT2D eigenvalue weighted by Gasteiger charge is 2.63. The van der Waals surface area contributed by atoms with Crippen LogP contribution in [0.15, 0.2) is 47.6 Å². The molecule has 4 fully saturated rings. The molecular formula is C48H73NO11. The Bertz CT molecular complexity index is 1710. The van der Waals surface area contributed by atoms with Gasteiger partial charge in [-0.05, 0) is 108 Å². The van der Waals surface area contributed by atoms with Gasteiger partial charge in [-0.25, -0.2) is 0 Å². The number of carboxylic acid groups (broad SMARTS) is 1. The smallest absolute Gasteiger partial charge is 0.309 e. The van der Waals surface area contributed by atoms with E-state index in [0.717, 1.165) is 6.42 Å². The molecule has 12 nitrogen and oxygen atoms in total. The second kappa shape index (κ2) is 18.6. The van der Waals surface area contributed by atoms with Gasteiger partial charge in [0.05, 0.1) is 53.7 Å². The third-order valence-corrected chi connectivity index (χ3v) is 15.3. The molecule has 0 amide bonds. The molecule has 2 spiro atoms. The van der Waals surface area contributed by atoms with Crippen molar-refractivity contribution in [1.29, 1.82) is 0 Å². The number of ketones is 1. The number of aliphatic carboxylic acids is 1. The van der Waals surface area contributed by atoms with Crippen LogP contribution in [0.5, 0.6) is 5.75 Å². The molecule has 5 aliphatic rings. The molecule has 17 atom stereocenters. The lowest BCUT2D eigenvalue weighted by atomic mass is 9.72. The molecular weight excluding hydrogens is 767 g/mol. The highest BCUT2D eigenvalue weighted by Crippen LogP contribution is 2.53. The van der Waals surface area contributed by atoms with Crippen LogP contribution in [0, 0.1) is 41.4 Å². The zero-order chi connectivity index (χ0) is 43.8. The van der Waals surface area contributed by atoms with Crippen LogP contribution in [0.25, 0.3) is 0 Å². The van der Waals surface area contributed by atoms with Crippen molar-refractivity contribution in [3.63, 3.8) is 0 Å². The monoisotopic (exact) mass is 840 g/mol. The maximum absolute atomic E-state index is 14.7. The number of Topliss-reactive ketones (excluding diaryl/α,β-unsaturated/α-hetero) is 1. The van der Waals surface area contributed by atoms with Gasteiger partial charge < -0.3 is 43.8 Å². The summed E-state index contributed by atoms with van der Waals surface area (Å²) in [7, 11) is 0. The van der Waals surface area contributed by atoms with Gasteiger partial charge in [0.1, 0.15) is 11.5 Å². The number of nitrogens with zero attached hydrogens (tertiary/aromatic N) is 1. The zero-order valence-electron chi connectivity index (χ0n) is 37.7. The molecule has 3 N–H and O–H groups in total. The lowest BCUT2D eigenvalue weighted by Crippen LogP contribution is -2.62. The molecule has 5 heterocycles. The van der Waals surface area contributed by atoms with Crippen molar-refractivity contribution in [3.8, 4) is 5.75 Å². The first-order valence-corrected chi connectivity index (χ1v) is 22.9. The van der Waals surface area contributed by atoms with Gasteiger partial charge in [-0.1, -0.05) is 78.7 Å². The Morgan fingerprint density at radius 1 is 0.900 bits per heavy atom. The fraction of sp³-hybridized carbons (Fsp3) is 0.771. The molecule has 5 aliphatic heterocycles. The van der Waals surface area contributed by atoms with Crippen molar-refractivity contribution in [3.05, 3.63) is 42.5 Å². The molecule has 336 valence electrons. The van der Waals surface area contributed by atoms with E-state index in [9.17, 15) is 24.9 Å². The number of aliphatic hydroxyl groups is 2. The number of carboxylic acids is 1. The van der Waals surface area contributed by atoms with Gasteiger partial charge in [0, 0.05) is 30.1 Å². The van der Waals surface area contributed by atoms with Gasteiger partial charge in [0.15, 0.2) is 11.5 Å². The van der Waals surface area contributed by atoms with E-state index in [2.05, 4.69) is 25.9 Å². The van der Waals surface area contributed by atoms with Crippen LogP contribution >= 0.6 is 0 Å². The van der Waals surface area contributed by atoms with Crippen LogP contribution in [0.1, 0.15) is 133 Å². The van der Waals surface area contributed by atoms with E-state index in [1.807, 2.05) is 84.0 Å². The van der Waals surface area contributed by atoms with E-state index in [0.29, 0.717) is 69.2 Å². The van der Waals surface area contributed by atoms with E-state index in [1.54, 1.807) is 6.92 Å². The molecule has 12 heteroatoms. The second-order valence-electron chi connectivity index (χ2n) is 19.3. The average molecular weight is 840 g/mol. The number of oxime groups is 1. The number of hydrogen-bond donors (Lipinski definition) is 3. The average Bonchev–Trinajstić information content (AvgIpc) is 3.57. The lowest BCUT2D eigenvalue weighted by molar-refractivity contribution is -0.371. The Balaban J connectivity index is 1.25. The van der Waals surface area contributed by atoms with Crippen molar-refractivity contribution in [2.75, 3.05) is 0 Å². The number of aliphatic hydroxyl groups excluding tert-OH is 1. The van der Waals surface area contributed by atoms with Crippen LogP contribution < -0.4 is 4.84 Å². The summed E-state index contributed by atoms with van der Waals surface area (Å²) in [6.45, 7) is 19.8. The lowest BCUT2D eigenvalue weighted by Gasteiger charge is -2.53. The second-order valence-corrected chi connectivity index (χ2v) is 19.3. The SMILES string of the molecule is CCC(C(=O)O)[C@H]1CC[C@H](C)[C@H]([C@@H](C)[C@H](O)[C@H](C)C(=O)[C@H](CC)[C@H]2O[C@]3(C=C/C(=N\Oc4ccccc4)[C@]4(CC[C@@](C)([C@H]5CC[C@](O)(CC)[C@H](C)O5)O4)O3)[C@H](C)C[C@@H]2C)O1. The Hall–Kier alpha value is -2.71. The van der Waals surface area contributed by atoms with Crippen molar-refractivity contribution in [1.82, 2.24) is 0 Å². The molecule has 6 rings (SSSR count). The maximum atomic E-state index is 14.7. The number of para-hydroxylation sites is 1. The van der Waals surface area contributed by atoms with Gasteiger partial charge >= 0.3 is 5.97 Å². The highest BCUT2D eigenvalue weighted by molar-refractivity contribution is 6.01.